The van der Waals surface area contributed by atoms with Gasteiger partial charge in [-0.3, -0.25) is 9.59 Å². The molecule has 0 aliphatic carbocycles. The van der Waals surface area contributed by atoms with Gasteiger partial charge in [0.05, 0.1) is 17.5 Å². The van der Waals surface area contributed by atoms with E-state index in [1.807, 2.05) is 12.1 Å². The molecule has 1 saturated heterocycles. The minimum absolute atomic E-state index is 0.00583. The molecule has 1 atom stereocenters. The Morgan fingerprint density at radius 1 is 1.36 bits per heavy atom. The highest BCUT2D eigenvalue weighted by Gasteiger charge is 2.27. The SMILES string of the molecule is O=C(O)C1CCCN(C(=O)CCCOc2ccccc2Cl)C1. The van der Waals surface area contributed by atoms with Crippen LogP contribution in [0.3, 0.4) is 0 Å². The van der Waals surface area contributed by atoms with Crippen molar-refractivity contribution in [2.45, 2.75) is 25.7 Å². The highest BCUT2D eigenvalue weighted by atomic mass is 35.5. The summed E-state index contributed by atoms with van der Waals surface area (Å²) < 4.78 is 5.54. The molecule has 1 amide bonds. The number of carboxylic acid groups (broad SMARTS) is 1. The molecule has 5 nitrogen and oxygen atoms in total. The molecule has 1 aromatic carbocycles. The smallest absolute Gasteiger partial charge is 0.308 e. The summed E-state index contributed by atoms with van der Waals surface area (Å²) in [7, 11) is 0. The first-order valence-corrected chi connectivity index (χ1v) is 7.83. The Balaban J connectivity index is 1.71. The van der Waals surface area contributed by atoms with E-state index in [9.17, 15) is 9.59 Å². The van der Waals surface area contributed by atoms with Gasteiger partial charge in [0.1, 0.15) is 5.75 Å². The topological polar surface area (TPSA) is 66.8 Å². The summed E-state index contributed by atoms with van der Waals surface area (Å²) in [5.74, 6) is -0.647. The molecule has 0 saturated carbocycles. The van der Waals surface area contributed by atoms with Crippen molar-refractivity contribution >= 4 is 23.5 Å². The van der Waals surface area contributed by atoms with Gasteiger partial charge in [0, 0.05) is 19.5 Å². The summed E-state index contributed by atoms with van der Waals surface area (Å²) in [4.78, 5) is 24.7. The maximum Gasteiger partial charge on any atom is 0.308 e. The molecule has 1 heterocycles. The number of likely N-dealkylation sites (tertiary alicyclic amines) is 1. The van der Waals surface area contributed by atoms with Gasteiger partial charge in [-0.1, -0.05) is 23.7 Å². The van der Waals surface area contributed by atoms with Gasteiger partial charge in [0.15, 0.2) is 0 Å². The molecule has 0 spiro atoms. The molecule has 1 unspecified atom stereocenters. The van der Waals surface area contributed by atoms with Crippen molar-refractivity contribution in [3.05, 3.63) is 29.3 Å². The maximum absolute atomic E-state index is 12.1. The Bertz CT molecular complexity index is 535. The average molecular weight is 326 g/mol. The number of carboxylic acids is 1. The van der Waals surface area contributed by atoms with E-state index in [1.165, 1.54) is 0 Å². The number of halogens is 1. The van der Waals surface area contributed by atoms with Gasteiger partial charge in [-0.15, -0.1) is 0 Å². The number of carbonyl (C=O) groups is 2. The summed E-state index contributed by atoms with van der Waals surface area (Å²) in [6.07, 6.45) is 2.34. The predicted molar refractivity (Wildman–Crippen MR) is 83.1 cm³/mol. The summed E-state index contributed by atoms with van der Waals surface area (Å²) >= 11 is 5.98. The summed E-state index contributed by atoms with van der Waals surface area (Å²) in [5, 5.41) is 9.58. The Labute approximate surface area is 134 Å². The molecule has 6 heteroatoms. The van der Waals surface area contributed by atoms with Crippen LogP contribution in [0.5, 0.6) is 5.75 Å². The summed E-state index contributed by atoms with van der Waals surface area (Å²) in [5.41, 5.74) is 0. The van der Waals surface area contributed by atoms with Crippen molar-refractivity contribution in [3.63, 3.8) is 0 Å². The lowest BCUT2D eigenvalue weighted by Gasteiger charge is -2.30. The molecule has 120 valence electrons. The second-order valence-electron chi connectivity index (χ2n) is 5.40. The fourth-order valence-electron chi connectivity index (χ4n) is 2.53. The molecule has 1 aliphatic rings. The van der Waals surface area contributed by atoms with E-state index in [4.69, 9.17) is 21.4 Å². The molecule has 1 aromatic rings. The van der Waals surface area contributed by atoms with Crippen molar-refractivity contribution < 1.29 is 19.4 Å². The molecule has 0 bridgehead atoms. The second-order valence-corrected chi connectivity index (χ2v) is 5.81. The molecule has 0 radical (unpaired) electrons. The molecule has 0 aromatic heterocycles. The van der Waals surface area contributed by atoms with Gasteiger partial charge in [-0.05, 0) is 31.4 Å². The van der Waals surface area contributed by atoms with Gasteiger partial charge in [0.2, 0.25) is 5.91 Å². The first kappa shape index (κ1) is 16.6. The van der Waals surface area contributed by atoms with E-state index < -0.39 is 11.9 Å². The van der Waals surface area contributed by atoms with Crippen LogP contribution in [0.15, 0.2) is 24.3 Å². The maximum atomic E-state index is 12.1. The van der Waals surface area contributed by atoms with Crippen LogP contribution in [0.1, 0.15) is 25.7 Å². The average Bonchev–Trinajstić information content (AvgIpc) is 2.53. The summed E-state index contributed by atoms with van der Waals surface area (Å²) in [6, 6.07) is 7.20. The van der Waals surface area contributed by atoms with E-state index in [-0.39, 0.29) is 5.91 Å². The molecule has 22 heavy (non-hydrogen) atoms. The van der Waals surface area contributed by atoms with E-state index >= 15 is 0 Å². The summed E-state index contributed by atoms with van der Waals surface area (Å²) in [6.45, 7) is 1.37. The highest BCUT2D eigenvalue weighted by molar-refractivity contribution is 6.32. The normalized spacial score (nSPS) is 18.0. The molecule has 2 rings (SSSR count). The van der Waals surface area contributed by atoms with E-state index in [0.29, 0.717) is 49.7 Å². The molecular formula is C16H20ClNO4. The number of amides is 1. The van der Waals surface area contributed by atoms with E-state index in [0.717, 1.165) is 6.42 Å². The lowest BCUT2D eigenvalue weighted by molar-refractivity contribution is -0.145. The number of hydrogen-bond acceptors (Lipinski definition) is 3. The standard InChI is InChI=1S/C16H20ClNO4/c17-13-6-1-2-7-14(13)22-10-4-8-15(19)18-9-3-5-12(11-18)16(20)21/h1-2,6-7,12H,3-5,8-11H2,(H,20,21). The number of piperidine rings is 1. The van der Waals surface area contributed by atoms with E-state index in [1.54, 1.807) is 17.0 Å². The minimum atomic E-state index is -0.820. The van der Waals surface area contributed by atoms with Crippen molar-refractivity contribution in [2.75, 3.05) is 19.7 Å². The van der Waals surface area contributed by atoms with Crippen molar-refractivity contribution in [1.29, 1.82) is 0 Å². The molecule has 1 aliphatic heterocycles. The van der Waals surface area contributed by atoms with Gasteiger partial charge >= 0.3 is 5.97 Å². The zero-order chi connectivity index (χ0) is 15.9. The van der Waals surface area contributed by atoms with Crippen LogP contribution in [0, 0.1) is 5.92 Å². The number of nitrogens with zero attached hydrogens (tertiary/aromatic N) is 1. The minimum Gasteiger partial charge on any atom is -0.492 e. The first-order chi connectivity index (χ1) is 10.6. The Morgan fingerprint density at radius 2 is 2.14 bits per heavy atom. The molecule has 1 fully saturated rings. The van der Waals surface area contributed by atoms with Crippen LogP contribution in [0.25, 0.3) is 0 Å². The van der Waals surface area contributed by atoms with Crippen molar-refractivity contribution in [3.8, 4) is 5.75 Å². The third kappa shape index (κ3) is 4.63. The Hall–Kier alpha value is -1.75. The number of rotatable bonds is 6. The molecule has 1 N–H and O–H groups in total. The predicted octanol–water partition coefficient (Wildman–Crippen LogP) is 2.82. The lowest BCUT2D eigenvalue weighted by atomic mass is 9.98. The number of para-hydroxylation sites is 1. The second kappa shape index (κ2) is 8.03. The van der Waals surface area contributed by atoms with Crippen molar-refractivity contribution in [2.24, 2.45) is 5.92 Å². The fraction of sp³-hybridized carbons (Fsp3) is 0.500. The van der Waals surface area contributed by atoms with Gasteiger partial charge in [-0.2, -0.15) is 0 Å². The van der Waals surface area contributed by atoms with Gasteiger partial charge in [0.25, 0.3) is 0 Å². The van der Waals surface area contributed by atoms with Crippen LogP contribution in [0.2, 0.25) is 5.02 Å². The van der Waals surface area contributed by atoms with Crippen LogP contribution in [-0.2, 0) is 9.59 Å². The number of benzene rings is 1. The lowest BCUT2D eigenvalue weighted by Crippen LogP contribution is -2.42. The van der Waals surface area contributed by atoms with Crippen LogP contribution >= 0.6 is 11.6 Å². The van der Waals surface area contributed by atoms with Crippen LogP contribution in [-0.4, -0.2) is 41.6 Å². The Morgan fingerprint density at radius 3 is 2.86 bits per heavy atom. The van der Waals surface area contributed by atoms with Crippen molar-refractivity contribution in [1.82, 2.24) is 4.90 Å². The highest BCUT2D eigenvalue weighted by Crippen LogP contribution is 2.23. The monoisotopic (exact) mass is 325 g/mol. The fourth-order valence-corrected chi connectivity index (χ4v) is 2.72. The number of carbonyl (C=O) groups excluding carboxylic acids is 1. The quantitative estimate of drug-likeness (QED) is 0.817. The zero-order valence-electron chi connectivity index (χ0n) is 12.3. The molecular weight excluding hydrogens is 306 g/mol. The van der Waals surface area contributed by atoms with Crippen LogP contribution < -0.4 is 4.74 Å². The van der Waals surface area contributed by atoms with E-state index in [2.05, 4.69) is 0 Å². The number of aliphatic carboxylic acids is 1. The third-order valence-corrected chi connectivity index (χ3v) is 4.06. The number of ether oxygens (including phenoxy) is 1. The van der Waals surface area contributed by atoms with Gasteiger partial charge < -0.3 is 14.7 Å². The zero-order valence-corrected chi connectivity index (χ0v) is 13.1. The Kier molecular flexibility index (Phi) is 6.07. The first-order valence-electron chi connectivity index (χ1n) is 7.46. The van der Waals surface area contributed by atoms with Crippen LogP contribution in [0.4, 0.5) is 0 Å². The largest absolute Gasteiger partial charge is 0.492 e. The number of hydrogen-bond donors (Lipinski definition) is 1. The third-order valence-electron chi connectivity index (χ3n) is 3.75. The van der Waals surface area contributed by atoms with Gasteiger partial charge in [-0.25, -0.2) is 0 Å².